The lowest BCUT2D eigenvalue weighted by Crippen LogP contribution is -2.61. The van der Waals surface area contributed by atoms with E-state index >= 15 is 0 Å². The summed E-state index contributed by atoms with van der Waals surface area (Å²) in [4.78, 5) is 26.4. The van der Waals surface area contributed by atoms with Gasteiger partial charge >= 0.3 is 5.97 Å². The van der Waals surface area contributed by atoms with Crippen LogP contribution < -0.4 is 5.32 Å². The van der Waals surface area contributed by atoms with Crippen LogP contribution in [-0.2, 0) is 23.8 Å². The van der Waals surface area contributed by atoms with Crippen molar-refractivity contribution in [1.82, 2.24) is 5.32 Å². The molecule has 6 N–H and O–H groups in total. The highest BCUT2D eigenvalue weighted by Crippen LogP contribution is 2.26. The largest absolute Gasteiger partial charge is 0.454 e. The van der Waals surface area contributed by atoms with Gasteiger partial charge in [-0.1, -0.05) is 233 Å². The zero-order valence-corrected chi connectivity index (χ0v) is 45.7. The zero-order chi connectivity index (χ0) is 53.3. The Kier molecular flexibility index (Phi) is 45.4. The van der Waals surface area contributed by atoms with E-state index in [1.807, 2.05) is 72.9 Å². The van der Waals surface area contributed by atoms with E-state index < -0.39 is 67.4 Å². The number of unbranched alkanes of at least 4 members (excludes halogenated alkanes) is 21. The van der Waals surface area contributed by atoms with Crippen LogP contribution >= 0.6 is 0 Å². The molecule has 0 aromatic heterocycles. The summed E-state index contributed by atoms with van der Waals surface area (Å²) in [6.45, 7) is 5.55. The molecule has 11 heteroatoms. The molecule has 1 aliphatic heterocycles. The Morgan fingerprint density at radius 1 is 0.562 bits per heavy atom. The first-order chi connectivity index (χ1) is 35.7. The molecule has 0 spiro atoms. The predicted molar refractivity (Wildman–Crippen MR) is 301 cm³/mol. The molecule has 0 aliphatic carbocycles. The van der Waals surface area contributed by atoms with Crippen molar-refractivity contribution in [3.05, 3.63) is 109 Å². The molecule has 0 aromatic rings. The molecule has 416 valence electrons. The molecule has 0 bridgehead atoms. The summed E-state index contributed by atoms with van der Waals surface area (Å²) in [5.41, 5.74) is 0. The van der Waals surface area contributed by atoms with Crippen LogP contribution in [0.25, 0.3) is 0 Å². The molecular formula is C62H103NO10. The molecule has 73 heavy (non-hydrogen) atoms. The Morgan fingerprint density at radius 2 is 1.04 bits per heavy atom. The number of rotatable bonds is 46. The predicted octanol–water partition coefficient (Wildman–Crippen LogP) is 12.9. The highest BCUT2D eigenvalue weighted by Gasteiger charge is 2.47. The number of carbonyl (C=O) groups excluding carboxylic acids is 2. The van der Waals surface area contributed by atoms with E-state index in [0.717, 1.165) is 89.9 Å². The van der Waals surface area contributed by atoms with E-state index in [4.69, 9.17) is 14.2 Å². The Hall–Kier alpha value is -3.68. The van der Waals surface area contributed by atoms with Crippen molar-refractivity contribution in [3.8, 4) is 0 Å². The second kappa shape index (κ2) is 49.2. The van der Waals surface area contributed by atoms with Gasteiger partial charge in [0.25, 0.3) is 0 Å². The molecular weight excluding hydrogens is 919 g/mol. The fourth-order valence-electron chi connectivity index (χ4n) is 8.24. The van der Waals surface area contributed by atoms with Crippen molar-refractivity contribution < 1.29 is 49.3 Å². The Balaban J connectivity index is 2.77. The van der Waals surface area contributed by atoms with Crippen LogP contribution in [-0.4, -0.2) is 99.6 Å². The smallest absolute Gasteiger partial charge is 0.306 e. The van der Waals surface area contributed by atoms with E-state index in [2.05, 4.69) is 56.5 Å². The van der Waals surface area contributed by atoms with Crippen molar-refractivity contribution in [3.63, 3.8) is 0 Å². The van der Waals surface area contributed by atoms with Crippen molar-refractivity contribution in [1.29, 1.82) is 0 Å². The van der Waals surface area contributed by atoms with Gasteiger partial charge in [0.15, 0.2) is 12.4 Å². The molecule has 1 rings (SSSR count). The van der Waals surface area contributed by atoms with Crippen LogP contribution in [0, 0.1) is 0 Å². The van der Waals surface area contributed by atoms with E-state index in [9.17, 15) is 35.1 Å². The lowest BCUT2D eigenvalue weighted by Gasteiger charge is -2.41. The summed E-state index contributed by atoms with van der Waals surface area (Å²) in [6.07, 6.45) is 55.5. The average Bonchev–Trinajstić information content (AvgIpc) is 3.39. The van der Waals surface area contributed by atoms with Crippen LogP contribution in [0.1, 0.15) is 207 Å². The van der Waals surface area contributed by atoms with Crippen LogP contribution in [0.15, 0.2) is 109 Å². The number of carbonyl (C=O) groups is 2. The van der Waals surface area contributed by atoms with Gasteiger partial charge < -0.3 is 45.1 Å². The second-order valence-corrected chi connectivity index (χ2v) is 19.4. The molecule has 0 radical (unpaired) electrons. The molecule has 1 saturated heterocycles. The highest BCUT2D eigenvalue weighted by molar-refractivity contribution is 5.80. The molecule has 0 saturated carbocycles. The average molecular weight is 1020 g/mol. The van der Waals surface area contributed by atoms with Crippen LogP contribution in [0.3, 0.4) is 0 Å². The first-order valence-corrected chi connectivity index (χ1v) is 28.7. The van der Waals surface area contributed by atoms with Crippen molar-refractivity contribution in [2.24, 2.45) is 0 Å². The minimum absolute atomic E-state index is 0.103. The number of nitrogens with one attached hydrogen (secondary N) is 1. The van der Waals surface area contributed by atoms with Gasteiger partial charge in [0.05, 0.1) is 25.4 Å². The van der Waals surface area contributed by atoms with Crippen LogP contribution in [0.5, 0.6) is 0 Å². The van der Waals surface area contributed by atoms with Crippen LogP contribution in [0.2, 0.25) is 0 Å². The van der Waals surface area contributed by atoms with Gasteiger partial charge in [0, 0.05) is 6.42 Å². The molecule has 11 nitrogen and oxygen atoms in total. The summed E-state index contributed by atoms with van der Waals surface area (Å²) in [5, 5.41) is 56.7. The third-order valence-electron chi connectivity index (χ3n) is 12.8. The molecule has 8 unspecified atom stereocenters. The maximum atomic E-state index is 13.4. The number of ether oxygens (including phenoxy) is 3. The van der Waals surface area contributed by atoms with E-state index in [1.54, 1.807) is 6.08 Å². The Morgan fingerprint density at radius 3 is 1.62 bits per heavy atom. The van der Waals surface area contributed by atoms with Crippen molar-refractivity contribution in [2.45, 2.75) is 256 Å². The van der Waals surface area contributed by atoms with Gasteiger partial charge in [0.1, 0.15) is 24.4 Å². The van der Waals surface area contributed by atoms with Gasteiger partial charge in [0.2, 0.25) is 5.91 Å². The van der Waals surface area contributed by atoms with Gasteiger partial charge in [-0.05, 0) is 77.0 Å². The number of hydrogen-bond acceptors (Lipinski definition) is 10. The molecule has 1 fully saturated rings. The van der Waals surface area contributed by atoms with Crippen molar-refractivity contribution in [2.75, 3.05) is 13.2 Å². The summed E-state index contributed by atoms with van der Waals surface area (Å²) in [6, 6.07) is -1.06. The molecule has 8 atom stereocenters. The molecule has 1 amide bonds. The fourth-order valence-corrected chi connectivity index (χ4v) is 8.24. The lowest BCUT2D eigenvalue weighted by molar-refractivity contribution is -0.305. The maximum absolute atomic E-state index is 13.4. The summed E-state index contributed by atoms with van der Waals surface area (Å²) in [7, 11) is 0. The summed E-state index contributed by atoms with van der Waals surface area (Å²) >= 11 is 0. The SMILES string of the molecule is CC\C=C/C=C/C=C/C=C\C=C\C=C\CCCCC(O)C(=O)NC(COC1OC(CO)C(O)C(O)C1OC(=O)CCCCCCCCC/C=C\C/C=C\CCCCC)C(O)/C=C/CCCCCCCCCCC. The molecule has 1 heterocycles. The fraction of sp³-hybridized carbons (Fsp3) is 0.677. The number of aliphatic hydroxyl groups excluding tert-OH is 5. The first kappa shape index (κ1) is 67.3. The standard InChI is InChI=1S/C62H103NO10/c1-4-7-10-13-16-19-22-24-26-28-30-32-35-38-41-44-47-50-57(67)73-60-59(69)58(68)56(51-64)72-62(60)71-52-53(54(65)48-45-42-39-36-33-21-18-15-12-9-6-3)63-61(70)55(66)49-46-43-40-37-34-31-29-27-25-23-20-17-14-11-8-5-2/h8,11,14,16-17,19-20,23-27,29,31,34,37,45,48,53-56,58-60,62,64-66,68-69H,4-7,9-10,12-13,15,18,21-22,28,30,32-33,35-36,38-44,46-47,49-52H2,1-3H3,(H,63,70)/b11-8-,17-14+,19-16-,23-20+,26-24-,27-25-,31-29+,37-34+,48-45+. The number of esters is 1. The van der Waals surface area contributed by atoms with Crippen LogP contribution in [0.4, 0.5) is 0 Å². The first-order valence-electron chi connectivity index (χ1n) is 28.7. The van der Waals surface area contributed by atoms with Crippen molar-refractivity contribution >= 4 is 11.9 Å². The highest BCUT2D eigenvalue weighted by atomic mass is 16.7. The van der Waals surface area contributed by atoms with Gasteiger partial charge in [-0.2, -0.15) is 0 Å². The van der Waals surface area contributed by atoms with E-state index in [-0.39, 0.29) is 19.4 Å². The topological polar surface area (TPSA) is 175 Å². The van der Waals surface area contributed by atoms with Gasteiger partial charge in [-0.15, -0.1) is 0 Å². The Bertz CT molecular complexity index is 1600. The number of aliphatic hydroxyl groups is 5. The maximum Gasteiger partial charge on any atom is 0.306 e. The summed E-state index contributed by atoms with van der Waals surface area (Å²) in [5.74, 6) is -1.26. The van der Waals surface area contributed by atoms with E-state index in [1.165, 1.54) is 70.6 Å². The zero-order valence-electron chi connectivity index (χ0n) is 45.7. The normalized spacial score (nSPS) is 20.2. The van der Waals surface area contributed by atoms with E-state index in [0.29, 0.717) is 12.8 Å². The van der Waals surface area contributed by atoms with Gasteiger partial charge in [-0.25, -0.2) is 0 Å². The summed E-state index contributed by atoms with van der Waals surface area (Å²) < 4.78 is 17.5. The Labute approximate surface area is 443 Å². The molecule has 1 aliphatic rings. The number of hydrogen-bond donors (Lipinski definition) is 6. The monoisotopic (exact) mass is 1020 g/mol. The quantitative estimate of drug-likeness (QED) is 0.0149. The third-order valence-corrected chi connectivity index (χ3v) is 12.8. The second-order valence-electron chi connectivity index (χ2n) is 19.4. The third kappa shape index (κ3) is 37.7. The number of allylic oxidation sites excluding steroid dienone is 17. The lowest BCUT2D eigenvalue weighted by atomic mass is 9.99. The molecule has 0 aromatic carbocycles. The minimum atomic E-state index is -1.63. The number of amides is 1. The van der Waals surface area contributed by atoms with Gasteiger partial charge in [-0.3, -0.25) is 9.59 Å². The minimum Gasteiger partial charge on any atom is -0.454 e.